The predicted octanol–water partition coefficient (Wildman–Crippen LogP) is 3.47. The summed E-state index contributed by atoms with van der Waals surface area (Å²) in [5.41, 5.74) is 0. The van der Waals surface area contributed by atoms with Gasteiger partial charge in [-0.3, -0.25) is 0 Å². The molecule has 2 heterocycles. The van der Waals surface area contributed by atoms with Gasteiger partial charge in [-0.15, -0.1) is 11.3 Å². The van der Waals surface area contributed by atoms with E-state index < -0.39 is 0 Å². The molecule has 0 spiro atoms. The van der Waals surface area contributed by atoms with Gasteiger partial charge in [0, 0.05) is 11.6 Å². The lowest BCUT2D eigenvalue weighted by Crippen LogP contribution is -2.07. The van der Waals surface area contributed by atoms with Crippen molar-refractivity contribution in [3.63, 3.8) is 0 Å². The molecule has 1 N–H and O–H groups in total. The van der Waals surface area contributed by atoms with Crippen molar-refractivity contribution in [3.8, 4) is 0 Å². The van der Waals surface area contributed by atoms with E-state index in [0.717, 1.165) is 15.4 Å². The topological polar surface area (TPSA) is 37.8 Å². The summed E-state index contributed by atoms with van der Waals surface area (Å²) in [4.78, 5) is 8.56. The molecule has 0 radical (unpaired) electrons. The first-order chi connectivity index (χ1) is 7.25. The average molecular weight is 284 g/mol. The third-order valence-corrected chi connectivity index (χ3v) is 3.30. The number of rotatable bonds is 3. The summed E-state index contributed by atoms with van der Waals surface area (Å²) in [6, 6.07) is 5.98. The Bertz CT molecular complexity index is 430. The zero-order valence-electron chi connectivity index (χ0n) is 8.14. The minimum atomic E-state index is 0.187. The molecule has 0 aromatic carbocycles. The van der Waals surface area contributed by atoms with Gasteiger partial charge < -0.3 is 5.32 Å². The second kappa shape index (κ2) is 4.72. The lowest BCUT2D eigenvalue weighted by Gasteiger charge is -2.11. The smallest absolute Gasteiger partial charge is 0.127 e. The number of halogens is 1. The molecule has 15 heavy (non-hydrogen) atoms. The third kappa shape index (κ3) is 2.76. The number of nitrogens with zero attached hydrogens (tertiary/aromatic N) is 2. The molecule has 0 aliphatic carbocycles. The highest BCUT2D eigenvalue weighted by atomic mass is 79.9. The Labute approximate surface area is 101 Å². The number of aromatic nitrogens is 2. The second-order valence-electron chi connectivity index (χ2n) is 3.08. The van der Waals surface area contributed by atoms with E-state index in [2.05, 4.69) is 38.1 Å². The molecule has 0 bridgehead atoms. The van der Waals surface area contributed by atoms with Crippen LogP contribution in [0.25, 0.3) is 0 Å². The second-order valence-corrected chi connectivity index (χ2v) is 4.82. The molecule has 1 unspecified atom stereocenters. The standard InChI is InChI=1S/C10H10BrN3S/c1-7(10-12-5-6-15-10)13-9-4-2-3-8(11)14-9/h2-7H,1H3,(H,13,14). The summed E-state index contributed by atoms with van der Waals surface area (Å²) in [5.74, 6) is 0.854. The van der Waals surface area contributed by atoms with Crippen LogP contribution >= 0.6 is 27.3 Å². The average Bonchev–Trinajstić information content (AvgIpc) is 2.70. The van der Waals surface area contributed by atoms with Gasteiger partial charge >= 0.3 is 0 Å². The summed E-state index contributed by atoms with van der Waals surface area (Å²) in [5, 5.41) is 6.33. The van der Waals surface area contributed by atoms with Gasteiger partial charge in [-0.05, 0) is 35.0 Å². The number of hydrogen-bond donors (Lipinski definition) is 1. The molecule has 5 heteroatoms. The van der Waals surface area contributed by atoms with Crippen LogP contribution in [0.5, 0.6) is 0 Å². The SMILES string of the molecule is CC(Nc1cccc(Br)n1)c1nccs1. The Balaban J connectivity index is 2.09. The van der Waals surface area contributed by atoms with Crippen LogP contribution in [0, 0.1) is 0 Å². The number of pyridine rings is 1. The van der Waals surface area contributed by atoms with Crippen LogP contribution in [0.15, 0.2) is 34.4 Å². The van der Waals surface area contributed by atoms with Gasteiger partial charge in [0.15, 0.2) is 0 Å². The van der Waals surface area contributed by atoms with Gasteiger partial charge in [0.1, 0.15) is 15.4 Å². The predicted molar refractivity (Wildman–Crippen MR) is 66.1 cm³/mol. The van der Waals surface area contributed by atoms with Crippen molar-refractivity contribution in [1.82, 2.24) is 9.97 Å². The van der Waals surface area contributed by atoms with Gasteiger partial charge in [0.25, 0.3) is 0 Å². The first-order valence-corrected chi connectivity index (χ1v) is 6.21. The molecule has 3 nitrogen and oxygen atoms in total. The van der Waals surface area contributed by atoms with E-state index in [1.165, 1.54) is 0 Å². The lowest BCUT2D eigenvalue weighted by molar-refractivity contribution is 0.860. The first kappa shape index (κ1) is 10.6. The molecule has 0 fully saturated rings. The van der Waals surface area contributed by atoms with Gasteiger partial charge in [-0.2, -0.15) is 0 Å². The van der Waals surface area contributed by atoms with Crippen LogP contribution in [0.4, 0.5) is 5.82 Å². The zero-order valence-corrected chi connectivity index (χ0v) is 10.5. The Morgan fingerprint density at radius 1 is 1.47 bits per heavy atom. The van der Waals surface area contributed by atoms with E-state index in [1.54, 1.807) is 11.3 Å². The maximum atomic E-state index is 4.31. The van der Waals surface area contributed by atoms with Crippen molar-refractivity contribution in [3.05, 3.63) is 39.4 Å². The van der Waals surface area contributed by atoms with Crippen molar-refractivity contribution < 1.29 is 0 Å². The maximum absolute atomic E-state index is 4.31. The Morgan fingerprint density at radius 3 is 3.00 bits per heavy atom. The Hall–Kier alpha value is -0.940. The highest BCUT2D eigenvalue weighted by Gasteiger charge is 2.07. The van der Waals surface area contributed by atoms with E-state index in [-0.39, 0.29) is 6.04 Å². The van der Waals surface area contributed by atoms with E-state index in [9.17, 15) is 0 Å². The number of thiazole rings is 1. The van der Waals surface area contributed by atoms with Gasteiger partial charge in [0.2, 0.25) is 0 Å². The molecule has 2 aromatic rings. The van der Waals surface area contributed by atoms with Gasteiger partial charge in [0.05, 0.1) is 6.04 Å². The lowest BCUT2D eigenvalue weighted by atomic mass is 10.3. The number of hydrogen-bond acceptors (Lipinski definition) is 4. The quantitative estimate of drug-likeness (QED) is 0.877. The number of anilines is 1. The minimum Gasteiger partial charge on any atom is -0.361 e. The third-order valence-electron chi connectivity index (χ3n) is 1.90. The molecule has 2 rings (SSSR count). The number of nitrogens with one attached hydrogen (secondary N) is 1. The molecule has 0 amide bonds. The summed E-state index contributed by atoms with van der Waals surface area (Å²) in [6.07, 6.45) is 1.81. The maximum Gasteiger partial charge on any atom is 0.127 e. The minimum absolute atomic E-state index is 0.187. The monoisotopic (exact) mass is 283 g/mol. The highest BCUT2D eigenvalue weighted by molar-refractivity contribution is 9.10. The summed E-state index contributed by atoms with van der Waals surface area (Å²) in [6.45, 7) is 2.07. The Kier molecular flexibility index (Phi) is 3.33. The van der Waals surface area contributed by atoms with Gasteiger partial charge in [-0.1, -0.05) is 6.07 Å². The molecule has 0 saturated carbocycles. The molecule has 0 aliphatic rings. The molecule has 2 aromatic heterocycles. The van der Waals surface area contributed by atoms with Crippen LogP contribution < -0.4 is 5.32 Å². The van der Waals surface area contributed by atoms with E-state index >= 15 is 0 Å². The van der Waals surface area contributed by atoms with E-state index in [0.29, 0.717) is 0 Å². The fourth-order valence-electron chi connectivity index (χ4n) is 1.22. The van der Waals surface area contributed by atoms with Crippen molar-refractivity contribution in [1.29, 1.82) is 0 Å². The fraction of sp³-hybridized carbons (Fsp3) is 0.200. The first-order valence-electron chi connectivity index (χ1n) is 4.54. The van der Waals surface area contributed by atoms with Crippen molar-refractivity contribution in [2.24, 2.45) is 0 Å². The van der Waals surface area contributed by atoms with Crippen molar-refractivity contribution in [2.75, 3.05) is 5.32 Å². The van der Waals surface area contributed by atoms with E-state index in [4.69, 9.17) is 0 Å². The van der Waals surface area contributed by atoms with Crippen LogP contribution in [0.2, 0.25) is 0 Å². The molecule has 78 valence electrons. The van der Waals surface area contributed by atoms with Crippen LogP contribution in [-0.2, 0) is 0 Å². The van der Waals surface area contributed by atoms with Crippen LogP contribution in [-0.4, -0.2) is 9.97 Å². The zero-order chi connectivity index (χ0) is 10.7. The molecule has 0 saturated heterocycles. The molecular formula is C10H10BrN3S. The normalized spacial score (nSPS) is 12.4. The molecule has 1 atom stereocenters. The molecule has 0 aliphatic heterocycles. The fourth-order valence-corrected chi connectivity index (χ4v) is 2.21. The summed E-state index contributed by atoms with van der Waals surface area (Å²) in [7, 11) is 0. The summed E-state index contributed by atoms with van der Waals surface area (Å²) < 4.78 is 0.832. The van der Waals surface area contributed by atoms with Crippen molar-refractivity contribution in [2.45, 2.75) is 13.0 Å². The highest BCUT2D eigenvalue weighted by Crippen LogP contribution is 2.20. The van der Waals surface area contributed by atoms with E-state index in [1.807, 2.05) is 29.8 Å². The summed E-state index contributed by atoms with van der Waals surface area (Å²) >= 11 is 4.98. The van der Waals surface area contributed by atoms with Crippen LogP contribution in [0.1, 0.15) is 18.0 Å². The largest absolute Gasteiger partial charge is 0.361 e. The Morgan fingerprint density at radius 2 is 2.33 bits per heavy atom. The molecular weight excluding hydrogens is 274 g/mol. The van der Waals surface area contributed by atoms with Crippen molar-refractivity contribution >= 4 is 33.1 Å². The van der Waals surface area contributed by atoms with Crippen LogP contribution in [0.3, 0.4) is 0 Å². The van der Waals surface area contributed by atoms with Gasteiger partial charge in [-0.25, -0.2) is 9.97 Å².